The summed E-state index contributed by atoms with van der Waals surface area (Å²) in [5.74, 6) is -1.89. The molecule has 0 saturated carbocycles. The Labute approximate surface area is 173 Å². The van der Waals surface area contributed by atoms with E-state index in [4.69, 9.17) is 28.5 Å². The molecular weight excluding hydrogens is 423 g/mol. The first-order chi connectivity index (χ1) is 13.1. The largest absolute Gasteiger partial charge is 0.374 e. The van der Waals surface area contributed by atoms with Gasteiger partial charge < -0.3 is 10.4 Å². The average molecular weight is 441 g/mol. The van der Waals surface area contributed by atoms with E-state index in [-0.39, 0.29) is 27.6 Å². The predicted molar refractivity (Wildman–Crippen MR) is 109 cm³/mol. The maximum atomic E-state index is 12.9. The molecule has 0 saturated heterocycles. The zero-order valence-corrected chi connectivity index (χ0v) is 17.3. The number of hydrogen-bond donors (Lipinski definition) is 2. The first-order valence-electron chi connectivity index (χ1n) is 8.31. The van der Waals surface area contributed by atoms with Gasteiger partial charge in [-0.2, -0.15) is 5.26 Å². The van der Waals surface area contributed by atoms with Crippen molar-refractivity contribution < 1.29 is 18.3 Å². The highest BCUT2D eigenvalue weighted by molar-refractivity contribution is 7.91. The number of amides is 1. The Balaban J connectivity index is 2.43. The van der Waals surface area contributed by atoms with Crippen LogP contribution >= 0.6 is 23.2 Å². The van der Waals surface area contributed by atoms with Crippen LogP contribution in [0.2, 0.25) is 10.0 Å². The van der Waals surface area contributed by atoms with Crippen LogP contribution in [0.4, 0.5) is 5.69 Å². The third-order valence-electron chi connectivity index (χ3n) is 3.99. The summed E-state index contributed by atoms with van der Waals surface area (Å²) in [6.45, 7) is 1.69. The monoisotopic (exact) mass is 440 g/mol. The molecule has 0 spiro atoms. The standard InChI is InChI=1S/C19H18Cl2N2O4S/c1-2-9-28(26,27)12-19(25,14-4-6-15(20)7-5-14)18(24)23-16-8-3-13(11-22)17(21)10-16/h3-8,10,25H,2,9,12H2,1H3,(H,23,24). The Bertz CT molecular complexity index is 1020. The van der Waals surface area contributed by atoms with E-state index in [0.29, 0.717) is 11.4 Å². The van der Waals surface area contributed by atoms with Crippen LogP contribution in [0.15, 0.2) is 42.5 Å². The highest BCUT2D eigenvalue weighted by atomic mass is 35.5. The van der Waals surface area contributed by atoms with Gasteiger partial charge in [-0.1, -0.05) is 42.3 Å². The quantitative estimate of drug-likeness (QED) is 0.684. The molecular formula is C19H18Cl2N2O4S. The summed E-state index contributed by atoms with van der Waals surface area (Å²) in [4.78, 5) is 12.9. The number of nitriles is 1. The first-order valence-corrected chi connectivity index (χ1v) is 10.9. The topological polar surface area (TPSA) is 107 Å². The van der Waals surface area contributed by atoms with Crippen LogP contribution in [0.25, 0.3) is 0 Å². The molecule has 0 aliphatic carbocycles. The lowest BCUT2D eigenvalue weighted by Crippen LogP contribution is -2.46. The van der Waals surface area contributed by atoms with Crippen molar-refractivity contribution in [3.63, 3.8) is 0 Å². The van der Waals surface area contributed by atoms with Crippen molar-refractivity contribution >= 4 is 44.6 Å². The van der Waals surface area contributed by atoms with E-state index in [1.165, 1.54) is 42.5 Å². The first kappa shape index (κ1) is 22.2. The Morgan fingerprint density at radius 1 is 1.21 bits per heavy atom. The number of nitrogens with one attached hydrogen (secondary N) is 1. The van der Waals surface area contributed by atoms with Crippen molar-refractivity contribution in [1.29, 1.82) is 5.26 Å². The van der Waals surface area contributed by atoms with Gasteiger partial charge in [0, 0.05) is 10.7 Å². The lowest BCUT2D eigenvalue weighted by molar-refractivity contribution is -0.132. The minimum absolute atomic E-state index is 0.0915. The van der Waals surface area contributed by atoms with Gasteiger partial charge in [0.2, 0.25) is 0 Å². The second-order valence-corrected chi connectivity index (χ2v) is 9.25. The molecule has 148 valence electrons. The Hall–Kier alpha value is -2.11. The molecule has 0 fully saturated rings. The average Bonchev–Trinajstić information content (AvgIpc) is 2.61. The third-order valence-corrected chi connectivity index (χ3v) is 6.44. The van der Waals surface area contributed by atoms with Crippen molar-refractivity contribution in [2.45, 2.75) is 18.9 Å². The van der Waals surface area contributed by atoms with Gasteiger partial charge in [0.15, 0.2) is 15.4 Å². The molecule has 0 radical (unpaired) electrons. The molecule has 2 N–H and O–H groups in total. The van der Waals surface area contributed by atoms with Crippen molar-refractivity contribution in [3.05, 3.63) is 63.6 Å². The second-order valence-electron chi connectivity index (χ2n) is 6.22. The van der Waals surface area contributed by atoms with Gasteiger partial charge in [-0.05, 0) is 42.3 Å². The maximum Gasteiger partial charge on any atom is 0.262 e. The number of carbonyl (C=O) groups is 1. The summed E-state index contributed by atoms with van der Waals surface area (Å²) in [6, 6.07) is 11.8. The zero-order valence-electron chi connectivity index (χ0n) is 14.9. The molecule has 9 heteroatoms. The van der Waals surface area contributed by atoms with Crippen LogP contribution < -0.4 is 5.32 Å². The van der Waals surface area contributed by atoms with Crippen LogP contribution in [-0.2, 0) is 20.2 Å². The molecule has 0 aliphatic heterocycles. The van der Waals surface area contributed by atoms with Crippen LogP contribution in [0, 0.1) is 11.3 Å². The minimum Gasteiger partial charge on any atom is -0.374 e. The Kier molecular flexibility index (Phi) is 7.07. The fourth-order valence-corrected chi connectivity index (χ4v) is 4.67. The fraction of sp³-hybridized carbons (Fsp3) is 0.263. The normalized spacial score (nSPS) is 13.4. The summed E-state index contributed by atoms with van der Waals surface area (Å²) in [6.07, 6.45) is 0.353. The number of sulfone groups is 1. The molecule has 2 rings (SSSR count). The number of carbonyl (C=O) groups excluding carboxylic acids is 1. The smallest absolute Gasteiger partial charge is 0.262 e. The number of halogens is 2. The van der Waals surface area contributed by atoms with Gasteiger partial charge >= 0.3 is 0 Å². The van der Waals surface area contributed by atoms with Crippen LogP contribution in [-0.4, -0.2) is 30.9 Å². The lowest BCUT2D eigenvalue weighted by atomic mass is 9.94. The van der Waals surface area contributed by atoms with E-state index >= 15 is 0 Å². The van der Waals surface area contributed by atoms with Gasteiger partial charge in [0.1, 0.15) is 6.07 Å². The van der Waals surface area contributed by atoms with Crippen molar-refractivity contribution in [3.8, 4) is 6.07 Å². The Morgan fingerprint density at radius 2 is 1.86 bits per heavy atom. The number of hydrogen-bond acceptors (Lipinski definition) is 5. The summed E-state index contributed by atoms with van der Waals surface area (Å²) in [5.41, 5.74) is -1.81. The summed E-state index contributed by atoms with van der Waals surface area (Å²) in [5, 5.41) is 23.0. The zero-order chi connectivity index (χ0) is 20.9. The minimum atomic E-state index is -3.72. The summed E-state index contributed by atoms with van der Waals surface area (Å²) < 4.78 is 24.7. The number of anilines is 1. The van der Waals surface area contributed by atoms with E-state index in [1.54, 1.807) is 6.92 Å². The maximum absolute atomic E-state index is 12.9. The number of nitrogens with zero attached hydrogens (tertiary/aromatic N) is 1. The highest BCUT2D eigenvalue weighted by Crippen LogP contribution is 2.28. The van der Waals surface area contributed by atoms with Gasteiger partial charge in [-0.15, -0.1) is 0 Å². The number of benzene rings is 2. The number of aliphatic hydroxyl groups is 1. The molecule has 28 heavy (non-hydrogen) atoms. The summed E-state index contributed by atoms with van der Waals surface area (Å²) >= 11 is 11.8. The van der Waals surface area contributed by atoms with Crippen LogP contribution in [0.5, 0.6) is 0 Å². The summed E-state index contributed by atoms with van der Waals surface area (Å²) in [7, 11) is -3.72. The van der Waals surface area contributed by atoms with E-state index in [2.05, 4.69) is 5.32 Å². The molecule has 1 atom stereocenters. The molecule has 1 unspecified atom stereocenters. The Morgan fingerprint density at radius 3 is 2.39 bits per heavy atom. The highest BCUT2D eigenvalue weighted by Gasteiger charge is 2.42. The van der Waals surface area contributed by atoms with Crippen molar-refractivity contribution in [2.24, 2.45) is 0 Å². The van der Waals surface area contributed by atoms with Crippen LogP contribution in [0.3, 0.4) is 0 Å². The SMILES string of the molecule is CCCS(=O)(=O)CC(O)(C(=O)Nc1ccc(C#N)c(Cl)c1)c1ccc(Cl)cc1. The molecule has 0 aromatic heterocycles. The third kappa shape index (κ3) is 5.24. The van der Waals surface area contributed by atoms with E-state index in [0.717, 1.165) is 0 Å². The van der Waals surface area contributed by atoms with E-state index < -0.39 is 27.1 Å². The van der Waals surface area contributed by atoms with E-state index in [1.807, 2.05) is 6.07 Å². The molecule has 1 amide bonds. The van der Waals surface area contributed by atoms with E-state index in [9.17, 15) is 18.3 Å². The van der Waals surface area contributed by atoms with Gasteiger partial charge in [0.25, 0.3) is 5.91 Å². The van der Waals surface area contributed by atoms with Gasteiger partial charge in [-0.3, -0.25) is 4.79 Å². The van der Waals surface area contributed by atoms with Crippen molar-refractivity contribution in [1.82, 2.24) is 0 Å². The molecule has 2 aromatic rings. The molecule has 0 bridgehead atoms. The lowest BCUT2D eigenvalue weighted by Gasteiger charge is -2.27. The fourth-order valence-electron chi connectivity index (χ4n) is 2.63. The molecule has 2 aromatic carbocycles. The van der Waals surface area contributed by atoms with Crippen molar-refractivity contribution in [2.75, 3.05) is 16.8 Å². The second kappa shape index (κ2) is 8.93. The van der Waals surface area contributed by atoms with Gasteiger partial charge in [0.05, 0.1) is 22.1 Å². The molecule has 6 nitrogen and oxygen atoms in total. The molecule has 0 aliphatic rings. The van der Waals surface area contributed by atoms with Crippen LogP contribution in [0.1, 0.15) is 24.5 Å². The number of rotatable bonds is 7. The predicted octanol–water partition coefficient (Wildman–Crippen LogP) is 3.52. The molecule has 0 heterocycles. The van der Waals surface area contributed by atoms with Gasteiger partial charge in [-0.25, -0.2) is 8.42 Å².